The number of fused-ring (bicyclic) bond motifs is 1. The second kappa shape index (κ2) is 9.01. The van der Waals surface area contributed by atoms with Crippen LogP contribution in [0.4, 0.5) is 0 Å². The van der Waals surface area contributed by atoms with Gasteiger partial charge in [-0.3, -0.25) is 9.59 Å². The standard InChI is InChI=1S/C21H28N2O7/c1-10(2)7-13(23-20(26)18(25)19-12(22)9-16(24)30-19)15-8-11-5-4-6-14(28-3)17(11)21(27)29-15/h4-6,10,12-13,15,18-19,25H,7-9,22H2,1-3H3,(H,23,26)/t12-,13-,15-,18-,19-/m0/s1. The molecule has 30 heavy (non-hydrogen) atoms. The highest BCUT2D eigenvalue weighted by atomic mass is 16.6. The zero-order valence-electron chi connectivity index (χ0n) is 17.3. The summed E-state index contributed by atoms with van der Waals surface area (Å²) in [5.41, 5.74) is 6.95. The first-order chi connectivity index (χ1) is 14.2. The third-order valence-electron chi connectivity index (χ3n) is 5.39. The fourth-order valence-electron chi connectivity index (χ4n) is 3.95. The van der Waals surface area contributed by atoms with Gasteiger partial charge in [-0.2, -0.15) is 0 Å². The molecule has 1 aromatic carbocycles. The van der Waals surface area contributed by atoms with Crippen LogP contribution in [0.5, 0.6) is 5.75 Å². The van der Waals surface area contributed by atoms with E-state index in [9.17, 15) is 19.5 Å². The molecule has 0 spiro atoms. The first-order valence-corrected chi connectivity index (χ1v) is 10.0. The molecule has 0 radical (unpaired) electrons. The monoisotopic (exact) mass is 420 g/mol. The lowest BCUT2D eigenvalue weighted by Gasteiger charge is -2.34. The summed E-state index contributed by atoms with van der Waals surface area (Å²) in [5, 5.41) is 13.1. The van der Waals surface area contributed by atoms with Crippen LogP contribution in [-0.2, 0) is 25.5 Å². The van der Waals surface area contributed by atoms with Crippen molar-refractivity contribution in [2.45, 2.75) is 63.5 Å². The second-order valence-electron chi connectivity index (χ2n) is 8.15. The lowest BCUT2D eigenvalue weighted by Crippen LogP contribution is -2.55. The zero-order valence-corrected chi connectivity index (χ0v) is 17.3. The molecule has 0 unspecified atom stereocenters. The molecule has 0 saturated carbocycles. The minimum Gasteiger partial charge on any atom is -0.496 e. The first kappa shape index (κ1) is 22.0. The first-order valence-electron chi connectivity index (χ1n) is 10.0. The molecule has 9 nitrogen and oxygen atoms in total. The van der Waals surface area contributed by atoms with E-state index in [0.29, 0.717) is 24.2 Å². The van der Waals surface area contributed by atoms with Crippen LogP contribution in [0.2, 0.25) is 0 Å². The molecular weight excluding hydrogens is 392 g/mol. The molecule has 1 saturated heterocycles. The van der Waals surface area contributed by atoms with Crippen molar-refractivity contribution in [3.63, 3.8) is 0 Å². The van der Waals surface area contributed by atoms with Gasteiger partial charge in [0.2, 0.25) is 0 Å². The van der Waals surface area contributed by atoms with Crippen molar-refractivity contribution in [3.8, 4) is 5.75 Å². The number of rotatable bonds is 7. The SMILES string of the molecule is COc1cccc2c1C(=O)O[C@H]([C@H](CC(C)C)NC(=O)[C@@H](O)[C@H]1OC(=O)C[C@@H]1N)C2. The Morgan fingerprint density at radius 2 is 2.03 bits per heavy atom. The number of esters is 2. The molecule has 0 bridgehead atoms. The summed E-state index contributed by atoms with van der Waals surface area (Å²) < 4.78 is 15.9. The summed E-state index contributed by atoms with van der Waals surface area (Å²) >= 11 is 0. The molecule has 1 aromatic rings. The Labute approximate surface area is 174 Å². The lowest BCUT2D eigenvalue weighted by molar-refractivity contribution is -0.150. The normalized spacial score (nSPS) is 25.2. The highest BCUT2D eigenvalue weighted by Gasteiger charge is 2.42. The number of ether oxygens (including phenoxy) is 3. The number of carbonyl (C=O) groups is 3. The van der Waals surface area contributed by atoms with E-state index in [1.165, 1.54) is 7.11 Å². The number of amides is 1. The van der Waals surface area contributed by atoms with Gasteiger partial charge in [-0.1, -0.05) is 26.0 Å². The maximum Gasteiger partial charge on any atom is 0.342 e. The average Bonchev–Trinajstić information content (AvgIpc) is 3.03. The molecule has 2 heterocycles. The Kier molecular flexibility index (Phi) is 6.62. The molecule has 3 rings (SSSR count). The van der Waals surface area contributed by atoms with Crippen LogP contribution in [0.3, 0.4) is 0 Å². The molecule has 0 aromatic heterocycles. The number of carbonyl (C=O) groups excluding carboxylic acids is 3. The van der Waals surface area contributed by atoms with E-state index < -0.39 is 48.2 Å². The third kappa shape index (κ3) is 4.57. The minimum absolute atomic E-state index is 0.0523. The molecule has 9 heteroatoms. The van der Waals surface area contributed by atoms with Gasteiger partial charge in [-0.05, 0) is 24.0 Å². The highest BCUT2D eigenvalue weighted by Crippen LogP contribution is 2.31. The summed E-state index contributed by atoms with van der Waals surface area (Å²) in [6.45, 7) is 3.96. The lowest BCUT2D eigenvalue weighted by atomic mass is 9.90. The number of methoxy groups -OCH3 is 1. The van der Waals surface area contributed by atoms with Gasteiger partial charge < -0.3 is 30.4 Å². The molecule has 4 N–H and O–H groups in total. The van der Waals surface area contributed by atoms with Gasteiger partial charge in [-0.15, -0.1) is 0 Å². The number of benzene rings is 1. The molecule has 2 aliphatic heterocycles. The van der Waals surface area contributed by atoms with Crippen LogP contribution in [0.25, 0.3) is 0 Å². The summed E-state index contributed by atoms with van der Waals surface area (Å²) in [7, 11) is 1.48. The van der Waals surface area contributed by atoms with Crippen molar-refractivity contribution >= 4 is 17.8 Å². The van der Waals surface area contributed by atoms with Crippen LogP contribution in [0.1, 0.15) is 42.6 Å². The topological polar surface area (TPSA) is 137 Å². The minimum atomic E-state index is -1.60. The molecular formula is C21H28N2O7. The Hall–Kier alpha value is -2.65. The van der Waals surface area contributed by atoms with E-state index in [0.717, 1.165) is 5.56 Å². The molecule has 2 aliphatic rings. The Bertz CT molecular complexity index is 826. The van der Waals surface area contributed by atoms with E-state index >= 15 is 0 Å². The van der Waals surface area contributed by atoms with Crippen LogP contribution >= 0.6 is 0 Å². The Morgan fingerprint density at radius 3 is 2.63 bits per heavy atom. The molecule has 164 valence electrons. The number of nitrogens with two attached hydrogens (primary N) is 1. The smallest absolute Gasteiger partial charge is 0.342 e. The molecule has 1 amide bonds. The summed E-state index contributed by atoms with van der Waals surface area (Å²) in [4.78, 5) is 36.7. The van der Waals surface area contributed by atoms with Crippen molar-refractivity contribution in [3.05, 3.63) is 29.3 Å². The Balaban J connectivity index is 1.77. The van der Waals surface area contributed by atoms with Gasteiger partial charge in [0, 0.05) is 6.42 Å². The van der Waals surface area contributed by atoms with Gasteiger partial charge in [-0.25, -0.2) is 4.79 Å². The van der Waals surface area contributed by atoms with Crippen molar-refractivity contribution in [1.29, 1.82) is 0 Å². The van der Waals surface area contributed by atoms with Crippen molar-refractivity contribution < 1.29 is 33.7 Å². The van der Waals surface area contributed by atoms with Crippen molar-refractivity contribution in [2.75, 3.05) is 7.11 Å². The van der Waals surface area contributed by atoms with E-state index in [2.05, 4.69) is 5.32 Å². The van der Waals surface area contributed by atoms with Gasteiger partial charge >= 0.3 is 11.9 Å². The van der Waals surface area contributed by atoms with Gasteiger partial charge in [0.15, 0.2) is 12.2 Å². The largest absolute Gasteiger partial charge is 0.496 e. The third-order valence-corrected chi connectivity index (χ3v) is 5.39. The number of hydrogen-bond acceptors (Lipinski definition) is 8. The fraction of sp³-hybridized carbons (Fsp3) is 0.571. The van der Waals surface area contributed by atoms with Gasteiger partial charge in [0.1, 0.15) is 17.4 Å². The number of aliphatic hydroxyl groups excluding tert-OH is 1. The number of hydrogen-bond donors (Lipinski definition) is 3. The number of aliphatic hydroxyl groups is 1. The fourth-order valence-corrected chi connectivity index (χ4v) is 3.95. The van der Waals surface area contributed by atoms with E-state index in [4.69, 9.17) is 19.9 Å². The second-order valence-corrected chi connectivity index (χ2v) is 8.15. The van der Waals surface area contributed by atoms with Crippen molar-refractivity contribution in [2.24, 2.45) is 11.7 Å². The van der Waals surface area contributed by atoms with E-state index in [1.807, 2.05) is 19.9 Å². The molecule has 5 atom stereocenters. The van der Waals surface area contributed by atoms with Crippen LogP contribution in [0, 0.1) is 5.92 Å². The quantitative estimate of drug-likeness (QED) is 0.536. The highest BCUT2D eigenvalue weighted by molar-refractivity contribution is 5.95. The van der Waals surface area contributed by atoms with Crippen LogP contribution in [0.15, 0.2) is 18.2 Å². The average molecular weight is 420 g/mol. The predicted octanol–water partition coefficient (Wildman–Crippen LogP) is 0.311. The van der Waals surface area contributed by atoms with E-state index in [1.54, 1.807) is 12.1 Å². The zero-order chi connectivity index (χ0) is 22.0. The van der Waals surface area contributed by atoms with Gasteiger partial charge in [0.05, 0.1) is 25.6 Å². The number of nitrogens with one attached hydrogen (secondary N) is 1. The predicted molar refractivity (Wildman–Crippen MR) is 106 cm³/mol. The summed E-state index contributed by atoms with van der Waals surface area (Å²) in [5.74, 6) is -1.17. The molecule has 1 fully saturated rings. The van der Waals surface area contributed by atoms with Crippen LogP contribution in [-0.4, -0.2) is 60.5 Å². The van der Waals surface area contributed by atoms with Crippen molar-refractivity contribution in [1.82, 2.24) is 5.32 Å². The maximum atomic E-state index is 12.7. The van der Waals surface area contributed by atoms with Crippen LogP contribution < -0.4 is 15.8 Å². The number of cyclic esters (lactones) is 2. The molecule has 0 aliphatic carbocycles. The summed E-state index contributed by atoms with van der Waals surface area (Å²) in [6, 6.07) is 4.02. The maximum absolute atomic E-state index is 12.7. The van der Waals surface area contributed by atoms with E-state index in [-0.39, 0.29) is 12.3 Å². The van der Waals surface area contributed by atoms with Gasteiger partial charge in [0.25, 0.3) is 5.91 Å². The Morgan fingerprint density at radius 1 is 1.30 bits per heavy atom. The summed E-state index contributed by atoms with van der Waals surface area (Å²) in [6.07, 6.45) is -2.46.